The molecule has 0 amide bonds. The van der Waals surface area contributed by atoms with E-state index in [4.69, 9.17) is 50.4 Å². The Hall–Kier alpha value is -1.83. The van der Waals surface area contributed by atoms with Crippen molar-refractivity contribution < 1.29 is 54.9 Å². The highest BCUT2D eigenvalue weighted by Gasteiger charge is 2.41. The van der Waals surface area contributed by atoms with E-state index in [0.717, 1.165) is 20.8 Å². The van der Waals surface area contributed by atoms with Gasteiger partial charge in [-0.15, -0.1) is 0 Å². The molecule has 1 fully saturated rings. The van der Waals surface area contributed by atoms with Gasteiger partial charge in [-0.3, -0.25) is 14.4 Å². The van der Waals surface area contributed by atoms with Crippen LogP contribution in [0, 0.1) is 0 Å². The van der Waals surface area contributed by atoms with Crippen LogP contribution >= 0.6 is 0 Å². The van der Waals surface area contributed by atoms with Crippen molar-refractivity contribution in [3.8, 4) is 0 Å². The molecule has 5 atom stereocenters. The average molecular weight is 359 g/mol. The molecule has 1 aliphatic rings. The molecule has 9 N–H and O–H groups in total. The third-order valence-corrected chi connectivity index (χ3v) is 1.95. The van der Waals surface area contributed by atoms with E-state index in [0.29, 0.717) is 0 Å². The Kier molecular flexibility index (Phi) is 16.6. The van der Waals surface area contributed by atoms with Crippen LogP contribution in [0.4, 0.5) is 0 Å². The first-order valence-electron chi connectivity index (χ1n) is 6.42. The molecule has 0 spiro atoms. The van der Waals surface area contributed by atoms with Crippen LogP contribution in [0.3, 0.4) is 0 Å². The van der Waals surface area contributed by atoms with Crippen LogP contribution in [0.2, 0.25) is 0 Å². The number of nitrogens with two attached hydrogens (primary N) is 1. The number of carboxylic acid groups (broad SMARTS) is 3. The third-order valence-electron chi connectivity index (χ3n) is 1.95. The van der Waals surface area contributed by atoms with Crippen molar-refractivity contribution in [2.24, 2.45) is 5.73 Å². The van der Waals surface area contributed by atoms with Gasteiger partial charge in [-0.2, -0.15) is 0 Å². The van der Waals surface area contributed by atoms with Gasteiger partial charge in [0.15, 0.2) is 6.29 Å². The van der Waals surface area contributed by atoms with Crippen LogP contribution < -0.4 is 5.73 Å². The number of ether oxygens (including phenoxy) is 1. The minimum absolute atomic E-state index is 0.470. The van der Waals surface area contributed by atoms with Crippen LogP contribution in [0.1, 0.15) is 20.8 Å². The Bertz CT molecular complexity index is 331. The highest BCUT2D eigenvalue weighted by Crippen LogP contribution is 2.17. The van der Waals surface area contributed by atoms with E-state index in [2.05, 4.69) is 0 Å². The first-order valence-corrected chi connectivity index (χ1v) is 6.42. The highest BCUT2D eigenvalue weighted by molar-refractivity contribution is 5.63. The summed E-state index contributed by atoms with van der Waals surface area (Å²) in [6.07, 6.45) is -4.85. The fourth-order valence-electron chi connectivity index (χ4n) is 1.12. The zero-order chi connectivity index (χ0) is 20.0. The minimum atomic E-state index is -1.35. The molecule has 1 saturated heterocycles. The lowest BCUT2D eigenvalue weighted by atomic mass is 9.98. The second kappa shape index (κ2) is 14.7. The van der Waals surface area contributed by atoms with Crippen molar-refractivity contribution in [3.05, 3.63) is 0 Å². The average Bonchev–Trinajstić information content (AvgIpc) is 2.38. The van der Waals surface area contributed by atoms with Gasteiger partial charge in [0.1, 0.15) is 18.3 Å². The molecule has 0 bridgehead atoms. The Balaban J connectivity index is -0.000000304. The lowest BCUT2D eigenvalue weighted by Crippen LogP contribution is -2.61. The van der Waals surface area contributed by atoms with Crippen molar-refractivity contribution in [1.29, 1.82) is 0 Å². The van der Waals surface area contributed by atoms with Gasteiger partial charge in [0.2, 0.25) is 0 Å². The fraction of sp³-hybridized carbons (Fsp3) is 0.750. The minimum Gasteiger partial charge on any atom is -0.481 e. The molecule has 1 aliphatic heterocycles. The van der Waals surface area contributed by atoms with Crippen LogP contribution in [-0.2, 0) is 19.1 Å². The predicted molar refractivity (Wildman–Crippen MR) is 77.9 cm³/mol. The number of carboxylic acids is 3. The van der Waals surface area contributed by atoms with E-state index in [1.54, 1.807) is 0 Å². The number of aliphatic carboxylic acids is 3. The number of carbonyl (C=O) groups is 3. The van der Waals surface area contributed by atoms with Gasteiger partial charge < -0.3 is 46.2 Å². The number of hydrogen-bond donors (Lipinski definition) is 8. The summed E-state index contributed by atoms with van der Waals surface area (Å²) < 4.78 is 4.70. The van der Waals surface area contributed by atoms with E-state index in [1.165, 1.54) is 0 Å². The smallest absolute Gasteiger partial charge is 0.300 e. The zero-order valence-corrected chi connectivity index (χ0v) is 13.4. The normalized spacial score (nSPS) is 27.8. The van der Waals surface area contributed by atoms with Crippen LogP contribution in [0.15, 0.2) is 0 Å². The van der Waals surface area contributed by atoms with Gasteiger partial charge in [0, 0.05) is 20.8 Å². The molecule has 1 rings (SSSR count). The van der Waals surface area contributed by atoms with Crippen LogP contribution in [0.25, 0.3) is 0 Å². The number of aliphatic hydroxyl groups is 4. The van der Waals surface area contributed by atoms with Crippen molar-refractivity contribution >= 4 is 17.9 Å². The van der Waals surface area contributed by atoms with E-state index >= 15 is 0 Å². The van der Waals surface area contributed by atoms with Gasteiger partial charge >= 0.3 is 0 Å². The Morgan fingerprint density at radius 1 is 0.875 bits per heavy atom. The van der Waals surface area contributed by atoms with Gasteiger partial charge in [-0.1, -0.05) is 0 Å². The topological polar surface area (TPSA) is 228 Å². The van der Waals surface area contributed by atoms with Crippen molar-refractivity contribution in [2.45, 2.75) is 51.4 Å². The SMILES string of the molecule is CC(=O)O.CC(=O)O.CC(=O)O.N[C@H]1C(O)O[C@H](CO)[C@H](O)[C@@H]1O. The van der Waals surface area contributed by atoms with Crippen molar-refractivity contribution in [3.63, 3.8) is 0 Å². The van der Waals surface area contributed by atoms with Crippen LogP contribution in [-0.4, -0.2) is 90.9 Å². The summed E-state index contributed by atoms with van der Waals surface area (Å²) in [5, 5.41) is 58.3. The summed E-state index contributed by atoms with van der Waals surface area (Å²) in [6.45, 7) is 2.78. The molecule has 1 unspecified atom stereocenters. The molecule has 144 valence electrons. The summed E-state index contributed by atoms with van der Waals surface area (Å²) in [6, 6.07) is -1.04. The monoisotopic (exact) mass is 359 g/mol. The molecule has 0 radical (unpaired) electrons. The van der Waals surface area contributed by atoms with E-state index in [-0.39, 0.29) is 0 Å². The maximum absolute atomic E-state index is 9.20. The predicted octanol–water partition coefficient (Wildman–Crippen LogP) is -2.98. The summed E-state index contributed by atoms with van der Waals surface area (Å²) in [7, 11) is 0. The third kappa shape index (κ3) is 18.2. The lowest BCUT2D eigenvalue weighted by molar-refractivity contribution is -0.248. The van der Waals surface area contributed by atoms with Gasteiger partial charge in [-0.25, -0.2) is 0 Å². The molecule has 0 aromatic carbocycles. The Labute approximate surface area is 137 Å². The van der Waals surface area contributed by atoms with E-state index in [9.17, 15) is 10.2 Å². The molecule has 1 heterocycles. The summed E-state index contributed by atoms with van der Waals surface area (Å²) in [4.78, 5) is 27.0. The highest BCUT2D eigenvalue weighted by atomic mass is 16.6. The Morgan fingerprint density at radius 2 is 1.17 bits per heavy atom. The molecule has 24 heavy (non-hydrogen) atoms. The number of rotatable bonds is 1. The molecular weight excluding hydrogens is 334 g/mol. The number of aliphatic hydroxyl groups excluding tert-OH is 4. The second-order valence-corrected chi connectivity index (χ2v) is 4.36. The Morgan fingerprint density at radius 3 is 1.42 bits per heavy atom. The van der Waals surface area contributed by atoms with E-state index < -0.39 is 55.2 Å². The first kappa shape index (κ1) is 27.0. The maximum Gasteiger partial charge on any atom is 0.300 e. The molecule has 0 aliphatic carbocycles. The largest absolute Gasteiger partial charge is 0.481 e. The molecular formula is C12H25NO11. The molecule has 12 nitrogen and oxygen atoms in total. The standard InChI is InChI=1S/C6H13NO5.3C2H4O2/c7-3-5(10)4(9)2(1-8)12-6(3)11;3*1-2(3)4/h2-6,8-11H,1,7H2;3*1H3,(H,3,4)/t2-,3-,4+,5-,6?;;;/m1.../s1. The molecule has 0 saturated carbocycles. The number of hydrogen-bond acceptors (Lipinski definition) is 9. The van der Waals surface area contributed by atoms with Gasteiger partial charge in [0.05, 0.1) is 12.6 Å². The quantitative estimate of drug-likeness (QED) is 0.234. The van der Waals surface area contributed by atoms with E-state index in [1.807, 2.05) is 0 Å². The lowest BCUT2D eigenvalue weighted by Gasteiger charge is -2.38. The van der Waals surface area contributed by atoms with Crippen molar-refractivity contribution in [1.82, 2.24) is 0 Å². The summed E-state index contributed by atoms with van der Waals surface area (Å²) in [5.74, 6) is -2.50. The molecule has 0 aromatic heterocycles. The first-order chi connectivity index (χ1) is 10.8. The van der Waals surface area contributed by atoms with Crippen molar-refractivity contribution in [2.75, 3.05) is 6.61 Å². The molecule has 12 heteroatoms. The second-order valence-electron chi connectivity index (χ2n) is 4.36. The fourth-order valence-corrected chi connectivity index (χ4v) is 1.12. The van der Waals surface area contributed by atoms with Gasteiger partial charge in [-0.05, 0) is 0 Å². The summed E-state index contributed by atoms with van der Waals surface area (Å²) >= 11 is 0. The molecule has 0 aromatic rings. The summed E-state index contributed by atoms with van der Waals surface area (Å²) in [5.41, 5.74) is 5.26. The zero-order valence-electron chi connectivity index (χ0n) is 13.4. The van der Waals surface area contributed by atoms with Gasteiger partial charge in [0.25, 0.3) is 17.9 Å². The van der Waals surface area contributed by atoms with Crippen LogP contribution in [0.5, 0.6) is 0 Å². The maximum atomic E-state index is 9.20.